The average Bonchev–Trinajstić information content (AvgIpc) is 2.67. The third kappa shape index (κ3) is 4.48. The lowest BCUT2D eigenvalue weighted by atomic mass is 9.95. The Bertz CT molecular complexity index is 755. The molecule has 130 valence electrons. The van der Waals surface area contributed by atoms with Gasteiger partial charge in [-0.2, -0.15) is 0 Å². The number of benzene rings is 2. The summed E-state index contributed by atoms with van der Waals surface area (Å²) in [6.07, 6.45) is 2.40. The van der Waals surface area contributed by atoms with E-state index in [9.17, 15) is 4.79 Å². The van der Waals surface area contributed by atoms with Gasteiger partial charge in [-0.3, -0.25) is 4.79 Å². The normalized spacial score (nSPS) is 17.1. The Kier molecular flexibility index (Phi) is 5.87. The zero-order chi connectivity index (χ0) is 17.6. The highest BCUT2D eigenvalue weighted by Gasteiger charge is 2.19. The first-order valence-electron chi connectivity index (χ1n) is 8.27. The second-order valence-electron chi connectivity index (χ2n) is 5.88. The topological polar surface area (TPSA) is 47.6 Å². The van der Waals surface area contributed by atoms with Gasteiger partial charge in [0.25, 0.3) is 5.91 Å². The van der Waals surface area contributed by atoms with Gasteiger partial charge in [0, 0.05) is 23.6 Å². The molecule has 0 aliphatic carbocycles. The minimum atomic E-state index is -0.409. The lowest BCUT2D eigenvalue weighted by Crippen LogP contribution is -2.33. The molecule has 0 saturated carbocycles. The van der Waals surface area contributed by atoms with Crippen molar-refractivity contribution >= 4 is 23.1 Å². The number of nitrogens with one attached hydrogen (secondary N) is 1. The highest BCUT2D eigenvalue weighted by Crippen LogP contribution is 2.31. The molecule has 2 aromatic rings. The van der Waals surface area contributed by atoms with Crippen molar-refractivity contribution in [1.29, 1.82) is 0 Å². The summed E-state index contributed by atoms with van der Waals surface area (Å²) < 4.78 is 5.44. The third-order valence-electron chi connectivity index (χ3n) is 4.09. The first-order chi connectivity index (χ1) is 12.1. The lowest BCUT2D eigenvalue weighted by Gasteiger charge is -2.22. The molecule has 1 atom stereocenters. The fourth-order valence-corrected chi connectivity index (χ4v) is 2.91. The summed E-state index contributed by atoms with van der Waals surface area (Å²) in [5.41, 5.74) is 5.28. The summed E-state index contributed by atoms with van der Waals surface area (Å²) in [6, 6.07) is 15.2. The van der Waals surface area contributed by atoms with Crippen molar-refractivity contribution in [1.82, 2.24) is 5.48 Å². The molecule has 3 rings (SSSR count). The fourth-order valence-electron chi connectivity index (χ4n) is 2.74. The van der Waals surface area contributed by atoms with Crippen molar-refractivity contribution in [2.45, 2.75) is 25.6 Å². The van der Waals surface area contributed by atoms with Crippen LogP contribution in [0.5, 0.6) is 0 Å². The molecule has 2 aromatic carbocycles. The predicted octanol–water partition coefficient (Wildman–Crippen LogP) is 4.59. The summed E-state index contributed by atoms with van der Waals surface area (Å²) in [4.78, 5) is 17.8. The molecule has 0 aromatic heterocycles. The summed E-state index contributed by atoms with van der Waals surface area (Å²) in [5.74, 6) is -0.409. The SMILES string of the molecule is C=C(C(=O)NOC1CCCCO1)c1cc(Cl)ccc1-c1ccccc1. The number of ether oxygens (including phenoxy) is 1. The van der Waals surface area contributed by atoms with Crippen LogP contribution in [0.1, 0.15) is 24.8 Å². The van der Waals surface area contributed by atoms with Crippen LogP contribution in [0.3, 0.4) is 0 Å². The van der Waals surface area contributed by atoms with Gasteiger partial charge in [-0.05, 0) is 41.7 Å². The lowest BCUT2D eigenvalue weighted by molar-refractivity contribution is -0.197. The molecule has 1 unspecified atom stereocenters. The molecule has 4 nitrogen and oxygen atoms in total. The van der Waals surface area contributed by atoms with Crippen LogP contribution >= 0.6 is 11.6 Å². The van der Waals surface area contributed by atoms with Gasteiger partial charge in [-0.1, -0.05) is 54.6 Å². The number of hydroxylamine groups is 1. The van der Waals surface area contributed by atoms with Gasteiger partial charge in [0.2, 0.25) is 0 Å². The van der Waals surface area contributed by atoms with E-state index in [-0.39, 0.29) is 5.57 Å². The maximum atomic E-state index is 12.4. The van der Waals surface area contributed by atoms with Gasteiger partial charge in [0.05, 0.1) is 0 Å². The van der Waals surface area contributed by atoms with Crippen LogP contribution in [-0.2, 0) is 14.4 Å². The maximum absolute atomic E-state index is 12.4. The van der Waals surface area contributed by atoms with Crippen LogP contribution < -0.4 is 5.48 Å². The largest absolute Gasteiger partial charge is 0.350 e. The number of rotatable bonds is 5. The van der Waals surface area contributed by atoms with E-state index < -0.39 is 12.2 Å². The van der Waals surface area contributed by atoms with Crippen LogP contribution in [0, 0.1) is 0 Å². The van der Waals surface area contributed by atoms with Crippen molar-refractivity contribution in [3.63, 3.8) is 0 Å². The van der Waals surface area contributed by atoms with Crippen LogP contribution in [0.25, 0.3) is 16.7 Å². The third-order valence-corrected chi connectivity index (χ3v) is 4.32. The Hall–Kier alpha value is -2.14. The molecular weight excluding hydrogens is 338 g/mol. The Balaban J connectivity index is 1.76. The Labute approximate surface area is 152 Å². The minimum Gasteiger partial charge on any atom is -0.350 e. The highest BCUT2D eigenvalue weighted by molar-refractivity contribution is 6.31. The fraction of sp³-hybridized carbons (Fsp3) is 0.250. The second-order valence-corrected chi connectivity index (χ2v) is 6.32. The first-order valence-corrected chi connectivity index (χ1v) is 8.65. The smallest absolute Gasteiger partial charge is 0.274 e. The minimum absolute atomic E-state index is 0.289. The molecule has 0 spiro atoms. The second kappa shape index (κ2) is 8.30. The Morgan fingerprint density at radius 2 is 2.00 bits per heavy atom. The number of hydrogen-bond donors (Lipinski definition) is 1. The van der Waals surface area contributed by atoms with Crippen LogP contribution in [0.2, 0.25) is 5.02 Å². The van der Waals surface area contributed by atoms with Crippen molar-refractivity contribution in [2.24, 2.45) is 0 Å². The summed E-state index contributed by atoms with van der Waals surface area (Å²) in [7, 11) is 0. The van der Waals surface area contributed by atoms with E-state index in [0.717, 1.165) is 30.4 Å². The average molecular weight is 358 g/mol. The number of hydrogen-bond acceptors (Lipinski definition) is 3. The van der Waals surface area contributed by atoms with Crippen LogP contribution in [0.15, 0.2) is 55.1 Å². The molecule has 1 fully saturated rings. The van der Waals surface area contributed by atoms with E-state index in [2.05, 4.69) is 12.1 Å². The molecule has 1 aliphatic heterocycles. The quantitative estimate of drug-likeness (QED) is 0.628. The summed E-state index contributed by atoms with van der Waals surface area (Å²) >= 11 is 6.13. The molecule has 1 amide bonds. The summed E-state index contributed by atoms with van der Waals surface area (Å²) in [5, 5.41) is 0.542. The van der Waals surface area contributed by atoms with Crippen LogP contribution in [0.4, 0.5) is 0 Å². The number of amides is 1. The van der Waals surface area contributed by atoms with E-state index in [1.807, 2.05) is 36.4 Å². The van der Waals surface area contributed by atoms with Gasteiger partial charge in [-0.15, -0.1) is 0 Å². The molecule has 1 aliphatic rings. The number of carbonyl (C=O) groups is 1. The molecule has 0 radical (unpaired) electrons. The van der Waals surface area contributed by atoms with E-state index in [0.29, 0.717) is 17.2 Å². The maximum Gasteiger partial charge on any atom is 0.274 e. The zero-order valence-electron chi connectivity index (χ0n) is 13.8. The van der Waals surface area contributed by atoms with Crippen molar-refractivity contribution in [3.8, 4) is 11.1 Å². The van der Waals surface area contributed by atoms with Gasteiger partial charge in [0.15, 0.2) is 6.29 Å². The zero-order valence-corrected chi connectivity index (χ0v) is 14.6. The van der Waals surface area contributed by atoms with Gasteiger partial charge >= 0.3 is 0 Å². The van der Waals surface area contributed by atoms with Crippen molar-refractivity contribution in [3.05, 3.63) is 65.7 Å². The summed E-state index contributed by atoms with van der Waals surface area (Å²) in [6.45, 7) is 4.57. The van der Waals surface area contributed by atoms with E-state index in [1.165, 1.54) is 0 Å². The Morgan fingerprint density at radius 1 is 1.20 bits per heavy atom. The van der Waals surface area contributed by atoms with Gasteiger partial charge < -0.3 is 4.74 Å². The number of halogens is 1. The molecule has 1 heterocycles. The molecule has 0 bridgehead atoms. The van der Waals surface area contributed by atoms with Crippen molar-refractivity contribution in [2.75, 3.05) is 6.61 Å². The monoisotopic (exact) mass is 357 g/mol. The molecule has 1 N–H and O–H groups in total. The molecule has 25 heavy (non-hydrogen) atoms. The predicted molar refractivity (Wildman–Crippen MR) is 98.7 cm³/mol. The van der Waals surface area contributed by atoms with E-state index in [4.69, 9.17) is 21.2 Å². The molecular formula is C20H20ClNO3. The standard InChI is InChI=1S/C20H20ClNO3/c1-14(20(23)22-25-19-9-5-6-12-24-19)18-13-16(21)10-11-17(18)15-7-3-2-4-8-15/h2-4,7-8,10-11,13,19H,1,5-6,9,12H2,(H,22,23). The number of carbonyl (C=O) groups excluding carboxylic acids is 1. The van der Waals surface area contributed by atoms with E-state index in [1.54, 1.807) is 12.1 Å². The first kappa shape index (κ1) is 17.7. The molecule has 1 saturated heterocycles. The van der Waals surface area contributed by atoms with Crippen LogP contribution in [-0.4, -0.2) is 18.8 Å². The Morgan fingerprint density at radius 3 is 2.72 bits per heavy atom. The molecule has 5 heteroatoms. The van der Waals surface area contributed by atoms with Gasteiger partial charge in [0.1, 0.15) is 0 Å². The van der Waals surface area contributed by atoms with E-state index >= 15 is 0 Å². The highest BCUT2D eigenvalue weighted by atomic mass is 35.5. The van der Waals surface area contributed by atoms with Gasteiger partial charge in [-0.25, -0.2) is 10.3 Å². The van der Waals surface area contributed by atoms with Crippen molar-refractivity contribution < 1.29 is 14.4 Å².